The third-order valence-corrected chi connectivity index (χ3v) is 9.09. The summed E-state index contributed by atoms with van der Waals surface area (Å²) in [7, 11) is 1.47. The Morgan fingerprint density at radius 1 is 0.673 bits per heavy atom. The van der Waals surface area contributed by atoms with E-state index in [1.54, 1.807) is 0 Å². The van der Waals surface area contributed by atoms with Gasteiger partial charge in [-0.15, -0.1) is 5.10 Å². The van der Waals surface area contributed by atoms with Crippen molar-refractivity contribution in [2.75, 3.05) is 33.5 Å². The SMILES string of the molecule is C.C=CC(=O)OCCCCOC(=O)C1CCC(C(=O)Oc2ccc(OC(=O)C3CCC(C(=O)OCCCCOC(=O)C=C)CC3)c(/C(=N/NC)OO)c2)CC1. The maximum atomic E-state index is 13.2. The summed E-state index contributed by atoms with van der Waals surface area (Å²) < 4.78 is 31.9. The predicted molar refractivity (Wildman–Crippen MR) is 197 cm³/mol. The van der Waals surface area contributed by atoms with Gasteiger partial charge in [-0.2, -0.15) is 0 Å². The van der Waals surface area contributed by atoms with E-state index in [0.29, 0.717) is 77.0 Å². The Labute approximate surface area is 321 Å². The normalized spacial score (nSPS) is 19.3. The third kappa shape index (κ3) is 15.6. The molecule has 1 aromatic carbocycles. The van der Waals surface area contributed by atoms with E-state index in [9.17, 15) is 34.0 Å². The van der Waals surface area contributed by atoms with Gasteiger partial charge in [-0.1, -0.05) is 20.6 Å². The Bertz CT molecular complexity index is 1490. The van der Waals surface area contributed by atoms with Crippen LogP contribution in [0.1, 0.15) is 90.0 Å². The number of hydrazone groups is 1. The van der Waals surface area contributed by atoms with Gasteiger partial charge in [-0.05, 0) is 95.2 Å². The lowest BCUT2D eigenvalue weighted by Crippen LogP contribution is -2.30. The van der Waals surface area contributed by atoms with Gasteiger partial charge in [0, 0.05) is 19.2 Å². The average Bonchev–Trinajstić information content (AvgIpc) is 3.19. The van der Waals surface area contributed by atoms with Crippen molar-refractivity contribution in [3.8, 4) is 11.5 Å². The van der Waals surface area contributed by atoms with Crippen LogP contribution >= 0.6 is 0 Å². The standard InChI is InChI=1S/C38H50N2O14.CH4/c1-4-32(41)48-20-6-8-22-50-35(43)25-10-14-27(15-11-25)37(45)52-29-18-19-31(30(24-29)34(54-47)40-39-3)53-38(46)28-16-12-26(13-17-28)36(44)51-23-9-7-21-49-33(42)5-2;/h4-5,18-19,24-28,39,47H,1-2,6-17,20-23H2,3H3;1H4/b40-34-;. The van der Waals surface area contributed by atoms with E-state index in [-0.39, 0.29) is 80.6 Å². The summed E-state index contributed by atoms with van der Waals surface area (Å²) in [6.45, 7) is 7.48. The monoisotopic (exact) mass is 774 g/mol. The van der Waals surface area contributed by atoms with E-state index in [2.05, 4.69) is 28.6 Å². The minimum absolute atomic E-state index is 0. The molecule has 0 spiro atoms. The van der Waals surface area contributed by atoms with Crippen LogP contribution in [0.5, 0.6) is 11.5 Å². The van der Waals surface area contributed by atoms with Gasteiger partial charge in [0.2, 0.25) is 0 Å². The molecule has 304 valence electrons. The number of nitrogens with zero attached hydrogens (tertiary/aromatic N) is 1. The molecule has 0 aromatic heterocycles. The van der Waals surface area contributed by atoms with Gasteiger partial charge >= 0.3 is 35.8 Å². The van der Waals surface area contributed by atoms with E-state index < -0.39 is 35.7 Å². The minimum Gasteiger partial charge on any atom is -0.465 e. The molecule has 0 heterocycles. The van der Waals surface area contributed by atoms with Crippen LogP contribution in [0.4, 0.5) is 0 Å². The number of hydrogen-bond donors (Lipinski definition) is 2. The molecule has 0 bridgehead atoms. The first kappa shape index (κ1) is 45.9. The molecule has 2 aliphatic rings. The average molecular weight is 775 g/mol. The van der Waals surface area contributed by atoms with Crippen LogP contribution in [-0.2, 0) is 52.6 Å². The van der Waals surface area contributed by atoms with Gasteiger partial charge in [0.05, 0.1) is 55.7 Å². The number of hydrogen-bond acceptors (Lipinski definition) is 16. The number of esters is 6. The summed E-state index contributed by atoms with van der Waals surface area (Å²) in [6.07, 6.45) is 7.73. The highest BCUT2D eigenvalue weighted by atomic mass is 17.1. The number of unbranched alkanes of at least 4 members (excludes halogenated alkanes) is 2. The number of benzene rings is 1. The minimum atomic E-state index is -0.548. The molecule has 0 radical (unpaired) electrons. The van der Waals surface area contributed by atoms with Crippen molar-refractivity contribution >= 4 is 41.7 Å². The van der Waals surface area contributed by atoms with E-state index in [1.807, 2.05) is 0 Å². The van der Waals surface area contributed by atoms with Crippen LogP contribution in [-0.4, -0.2) is 80.4 Å². The molecule has 2 fully saturated rings. The van der Waals surface area contributed by atoms with Gasteiger partial charge in [-0.3, -0.25) is 19.2 Å². The highest BCUT2D eigenvalue weighted by molar-refractivity contribution is 5.98. The highest BCUT2D eigenvalue weighted by Gasteiger charge is 2.34. The van der Waals surface area contributed by atoms with Gasteiger partial charge in [0.25, 0.3) is 5.90 Å². The topological polar surface area (TPSA) is 212 Å². The second-order valence-corrected chi connectivity index (χ2v) is 12.8. The van der Waals surface area contributed by atoms with E-state index >= 15 is 0 Å². The zero-order chi connectivity index (χ0) is 39.3. The summed E-state index contributed by atoms with van der Waals surface area (Å²) in [5, 5.41) is 13.4. The van der Waals surface area contributed by atoms with Crippen LogP contribution in [0.3, 0.4) is 0 Å². The molecule has 2 saturated carbocycles. The third-order valence-electron chi connectivity index (χ3n) is 9.09. The van der Waals surface area contributed by atoms with Crippen LogP contribution in [0.15, 0.2) is 48.6 Å². The maximum Gasteiger partial charge on any atom is 0.330 e. The number of carbonyl (C=O) groups excluding carboxylic acids is 6. The first-order valence-electron chi connectivity index (χ1n) is 18.1. The second-order valence-electron chi connectivity index (χ2n) is 12.8. The van der Waals surface area contributed by atoms with Crippen molar-refractivity contribution in [2.24, 2.45) is 28.8 Å². The van der Waals surface area contributed by atoms with Crippen molar-refractivity contribution in [3.05, 3.63) is 49.1 Å². The zero-order valence-corrected chi connectivity index (χ0v) is 30.6. The fourth-order valence-corrected chi connectivity index (χ4v) is 6.03. The largest absolute Gasteiger partial charge is 0.465 e. The van der Waals surface area contributed by atoms with Crippen molar-refractivity contribution in [1.29, 1.82) is 0 Å². The Morgan fingerprint density at radius 2 is 1.07 bits per heavy atom. The van der Waals surface area contributed by atoms with E-state index in [1.165, 1.54) is 25.2 Å². The Kier molecular flexibility index (Phi) is 20.8. The van der Waals surface area contributed by atoms with Crippen molar-refractivity contribution in [2.45, 2.75) is 84.5 Å². The fourth-order valence-electron chi connectivity index (χ4n) is 6.03. The molecule has 3 rings (SSSR count). The number of ether oxygens (including phenoxy) is 6. The lowest BCUT2D eigenvalue weighted by molar-refractivity contribution is -0.154. The quantitative estimate of drug-likeness (QED) is 0.0200. The predicted octanol–water partition coefficient (Wildman–Crippen LogP) is 5.22. The molecule has 1 aromatic rings. The lowest BCUT2D eigenvalue weighted by Gasteiger charge is -2.26. The number of rotatable bonds is 20. The second kappa shape index (κ2) is 24.9. The first-order chi connectivity index (χ1) is 26.1. The molecule has 0 unspecified atom stereocenters. The number of carbonyl (C=O) groups is 6. The Morgan fingerprint density at radius 3 is 1.47 bits per heavy atom. The van der Waals surface area contributed by atoms with Crippen LogP contribution in [0.2, 0.25) is 0 Å². The van der Waals surface area contributed by atoms with Gasteiger partial charge in [0.1, 0.15) is 11.5 Å². The number of nitrogens with one attached hydrogen (secondary N) is 1. The lowest BCUT2D eigenvalue weighted by atomic mass is 9.82. The summed E-state index contributed by atoms with van der Waals surface area (Å²) in [6, 6.07) is 4.19. The molecule has 16 heteroatoms. The van der Waals surface area contributed by atoms with Crippen molar-refractivity contribution in [1.82, 2.24) is 5.43 Å². The molecular formula is C39H54N2O14. The van der Waals surface area contributed by atoms with Crippen molar-refractivity contribution in [3.63, 3.8) is 0 Å². The fraction of sp³-hybridized carbons (Fsp3) is 0.564. The molecular weight excluding hydrogens is 720 g/mol. The van der Waals surface area contributed by atoms with Crippen LogP contribution < -0.4 is 14.9 Å². The van der Waals surface area contributed by atoms with Crippen molar-refractivity contribution < 1.29 is 67.3 Å². The van der Waals surface area contributed by atoms with Gasteiger partial charge in [-0.25, -0.2) is 14.8 Å². The highest BCUT2D eigenvalue weighted by Crippen LogP contribution is 2.34. The van der Waals surface area contributed by atoms with Crippen LogP contribution in [0.25, 0.3) is 0 Å². The summed E-state index contributed by atoms with van der Waals surface area (Å²) in [5.41, 5.74) is 2.52. The summed E-state index contributed by atoms with van der Waals surface area (Å²) >= 11 is 0. The molecule has 16 nitrogen and oxygen atoms in total. The molecule has 2 aliphatic carbocycles. The smallest absolute Gasteiger partial charge is 0.330 e. The molecule has 2 N–H and O–H groups in total. The van der Waals surface area contributed by atoms with Gasteiger partial charge in [0.15, 0.2) is 0 Å². The van der Waals surface area contributed by atoms with Gasteiger partial charge < -0.3 is 38.7 Å². The van der Waals surface area contributed by atoms with E-state index in [4.69, 9.17) is 28.4 Å². The molecule has 0 saturated heterocycles. The maximum absolute atomic E-state index is 13.2. The molecule has 55 heavy (non-hydrogen) atoms. The zero-order valence-electron chi connectivity index (χ0n) is 30.6. The molecule has 0 aliphatic heterocycles. The molecule has 0 atom stereocenters. The van der Waals surface area contributed by atoms with Crippen LogP contribution in [0, 0.1) is 23.7 Å². The van der Waals surface area contributed by atoms with E-state index in [0.717, 1.165) is 12.2 Å². The molecule has 0 amide bonds. The summed E-state index contributed by atoms with van der Waals surface area (Å²) in [4.78, 5) is 77.9. The Hall–Kier alpha value is -5.25. The summed E-state index contributed by atoms with van der Waals surface area (Å²) in [5.74, 6) is -4.63. The Balaban J connectivity index is 0.0000105. The first-order valence-corrected chi connectivity index (χ1v) is 18.1.